The molecular formula is C18H19NO3. The highest BCUT2D eigenvalue weighted by molar-refractivity contribution is 5.73. The molecule has 0 bridgehead atoms. The average Bonchev–Trinajstić information content (AvgIpc) is 2.77. The maximum absolute atomic E-state index is 12.4. The van der Waals surface area contributed by atoms with E-state index in [-0.39, 0.29) is 5.41 Å². The molecule has 4 heteroatoms. The Balaban J connectivity index is 1.87. The number of benzene rings is 1. The van der Waals surface area contributed by atoms with Gasteiger partial charge in [0.15, 0.2) is 0 Å². The number of carbonyl (C=O) groups is 1. The minimum absolute atomic E-state index is 0.183. The van der Waals surface area contributed by atoms with Gasteiger partial charge in [0.1, 0.15) is 11.5 Å². The molecule has 0 fully saturated rings. The highest BCUT2D eigenvalue weighted by Gasteiger charge is 2.41. The number of nitrogens with zero attached hydrogens (tertiary/aromatic N) is 1. The second-order valence-electron chi connectivity index (χ2n) is 6.12. The lowest BCUT2D eigenvalue weighted by Crippen LogP contribution is -2.34. The fourth-order valence-corrected chi connectivity index (χ4v) is 2.98. The van der Waals surface area contributed by atoms with Crippen LogP contribution in [-0.2, 0) is 4.74 Å². The first-order chi connectivity index (χ1) is 10.5. The fraction of sp³-hybridized carbons (Fsp3) is 0.278. The van der Waals surface area contributed by atoms with Crippen molar-refractivity contribution in [3.8, 4) is 5.75 Å². The third-order valence-corrected chi connectivity index (χ3v) is 3.90. The summed E-state index contributed by atoms with van der Waals surface area (Å²) in [6.07, 6.45) is 5.97. The molecule has 4 nitrogen and oxygen atoms in total. The molecule has 1 amide bonds. The van der Waals surface area contributed by atoms with Crippen LogP contribution in [0.1, 0.15) is 20.3 Å². The molecule has 114 valence electrons. The Hall–Kier alpha value is -2.49. The van der Waals surface area contributed by atoms with E-state index in [4.69, 9.17) is 9.47 Å². The number of hydrogen-bond donors (Lipinski definition) is 0. The van der Waals surface area contributed by atoms with Gasteiger partial charge in [-0.2, -0.15) is 0 Å². The predicted molar refractivity (Wildman–Crippen MR) is 84.0 cm³/mol. The molecule has 2 aliphatic rings. The van der Waals surface area contributed by atoms with Gasteiger partial charge < -0.3 is 9.47 Å². The first-order valence-corrected chi connectivity index (χ1v) is 7.27. The molecule has 1 aliphatic heterocycles. The van der Waals surface area contributed by atoms with Gasteiger partial charge in [-0.05, 0) is 30.2 Å². The van der Waals surface area contributed by atoms with Gasteiger partial charge in [-0.3, -0.25) is 4.90 Å². The van der Waals surface area contributed by atoms with E-state index in [9.17, 15) is 4.79 Å². The van der Waals surface area contributed by atoms with Gasteiger partial charge in [0.25, 0.3) is 0 Å². The van der Waals surface area contributed by atoms with E-state index in [2.05, 4.69) is 13.8 Å². The topological polar surface area (TPSA) is 38.8 Å². The van der Waals surface area contributed by atoms with E-state index in [1.54, 1.807) is 30.3 Å². The Bertz CT molecular complexity index is 684. The van der Waals surface area contributed by atoms with Crippen LogP contribution in [0.5, 0.6) is 5.75 Å². The monoisotopic (exact) mass is 297 g/mol. The molecule has 1 aromatic carbocycles. The highest BCUT2D eigenvalue weighted by Crippen LogP contribution is 2.48. The Labute approximate surface area is 130 Å². The minimum atomic E-state index is -0.416. The van der Waals surface area contributed by atoms with Crippen molar-refractivity contribution in [2.45, 2.75) is 20.3 Å². The normalized spacial score (nSPS) is 18.4. The van der Waals surface area contributed by atoms with E-state index >= 15 is 0 Å². The molecule has 0 aromatic heterocycles. The Morgan fingerprint density at radius 1 is 1.27 bits per heavy atom. The average molecular weight is 297 g/mol. The van der Waals surface area contributed by atoms with Gasteiger partial charge in [-0.25, -0.2) is 4.79 Å². The fourth-order valence-electron chi connectivity index (χ4n) is 2.98. The molecule has 1 aliphatic carbocycles. The second kappa shape index (κ2) is 5.37. The van der Waals surface area contributed by atoms with Crippen LogP contribution in [-0.4, -0.2) is 18.0 Å². The number of rotatable bonds is 2. The lowest BCUT2D eigenvalue weighted by Gasteiger charge is -2.28. The summed E-state index contributed by atoms with van der Waals surface area (Å²) in [7, 11) is 1.72. The smallest absolute Gasteiger partial charge is 0.419 e. The zero-order chi connectivity index (χ0) is 15.7. The van der Waals surface area contributed by atoms with E-state index in [0.717, 1.165) is 23.5 Å². The SMILES string of the molecule is CN(C(=O)Oc1ccccc1)C1=C2OC=CC=C2CC1(C)C. The zero-order valence-corrected chi connectivity index (χ0v) is 13.0. The molecule has 0 saturated heterocycles. The number of hydrogen-bond acceptors (Lipinski definition) is 3. The molecule has 3 rings (SSSR count). The van der Waals surface area contributed by atoms with E-state index in [0.29, 0.717) is 5.75 Å². The quantitative estimate of drug-likeness (QED) is 0.820. The summed E-state index contributed by atoms with van der Waals surface area (Å²) in [6, 6.07) is 9.06. The molecule has 0 atom stereocenters. The Morgan fingerprint density at radius 3 is 2.73 bits per heavy atom. The lowest BCUT2D eigenvalue weighted by atomic mass is 9.88. The molecule has 0 radical (unpaired) electrons. The number of para-hydroxylation sites is 1. The van der Waals surface area contributed by atoms with Crippen molar-refractivity contribution in [3.05, 3.63) is 65.8 Å². The van der Waals surface area contributed by atoms with Gasteiger partial charge in [-0.15, -0.1) is 0 Å². The largest absolute Gasteiger partial charge is 0.463 e. The van der Waals surface area contributed by atoms with Crippen LogP contribution >= 0.6 is 0 Å². The Morgan fingerprint density at radius 2 is 2.00 bits per heavy atom. The maximum Gasteiger partial charge on any atom is 0.419 e. The summed E-state index contributed by atoms with van der Waals surface area (Å²) in [4.78, 5) is 14.0. The van der Waals surface area contributed by atoms with Crippen LogP contribution in [0.25, 0.3) is 0 Å². The van der Waals surface area contributed by atoms with Gasteiger partial charge in [-0.1, -0.05) is 38.1 Å². The van der Waals surface area contributed by atoms with Crippen LogP contribution in [0, 0.1) is 5.41 Å². The number of amides is 1. The summed E-state index contributed by atoms with van der Waals surface area (Å²) < 4.78 is 11.1. The number of allylic oxidation sites excluding steroid dienone is 4. The molecule has 0 spiro atoms. The summed E-state index contributed by atoms with van der Waals surface area (Å²) in [5, 5.41) is 0. The molecule has 22 heavy (non-hydrogen) atoms. The van der Waals surface area contributed by atoms with Crippen LogP contribution < -0.4 is 4.74 Å². The third kappa shape index (κ3) is 2.52. The molecule has 0 N–H and O–H groups in total. The summed E-state index contributed by atoms with van der Waals surface area (Å²) >= 11 is 0. The zero-order valence-electron chi connectivity index (χ0n) is 13.0. The molecule has 0 unspecified atom stereocenters. The first kappa shape index (κ1) is 14.4. The molecule has 1 aromatic rings. The van der Waals surface area contributed by atoms with E-state index in [1.807, 2.05) is 30.4 Å². The third-order valence-electron chi connectivity index (χ3n) is 3.90. The van der Waals surface area contributed by atoms with Gasteiger partial charge >= 0.3 is 6.09 Å². The summed E-state index contributed by atoms with van der Waals surface area (Å²) in [5.41, 5.74) is 1.78. The number of carbonyl (C=O) groups excluding carboxylic acids is 1. The van der Waals surface area contributed by atoms with Crippen molar-refractivity contribution in [2.24, 2.45) is 5.41 Å². The summed E-state index contributed by atoms with van der Waals surface area (Å²) in [5.74, 6) is 1.29. The van der Waals surface area contributed by atoms with Crippen molar-refractivity contribution in [1.29, 1.82) is 0 Å². The van der Waals surface area contributed by atoms with Crippen molar-refractivity contribution in [2.75, 3.05) is 7.05 Å². The molecule has 1 heterocycles. The van der Waals surface area contributed by atoms with Crippen molar-refractivity contribution in [3.63, 3.8) is 0 Å². The standard InChI is InChI=1S/C18H19NO3/c1-18(2)12-13-8-7-11-21-15(13)16(18)19(3)17(20)22-14-9-5-4-6-10-14/h4-11H,12H2,1-3H3. The van der Waals surface area contributed by atoms with Gasteiger partial charge in [0.2, 0.25) is 0 Å². The maximum atomic E-state index is 12.4. The number of fused-ring (bicyclic) bond motifs is 1. The van der Waals surface area contributed by atoms with Crippen LogP contribution in [0.3, 0.4) is 0 Å². The molecule has 0 saturated carbocycles. The van der Waals surface area contributed by atoms with E-state index < -0.39 is 6.09 Å². The van der Waals surface area contributed by atoms with Crippen molar-refractivity contribution in [1.82, 2.24) is 4.90 Å². The van der Waals surface area contributed by atoms with Gasteiger partial charge in [0, 0.05) is 12.5 Å². The first-order valence-electron chi connectivity index (χ1n) is 7.27. The second-order valence-corrected chi connectivity index (χ2v) is 6.12. The predicted octanol–water partition coefficient (Wildman–Crippen LogP) is 4.23. The van der Waals surface area contributed by atoms with Crippen LogP contribution in [0.15, 0.2) is 65.8 Å². The highest BCUT2D eigenvalue weighted by atomic mass is 16.6. The summed E-state index contributed by atoms with van der Waals surface area (Å²) in [6.45, 7) is 4.20. The van der Waals surface area contributed by atoms with Gasteiger partial charge in [0.05, 0.1) is 12.0 Å². The van der Waals surface area contributed by atoms with Crippen LogP contribution in [0.4, 0.5) is 4.79 Å². The van der Waals surface area contributed by atoms with Crippen LogP contribution in [0.2, 0.25) is 0 Å². The Kier molecular flexibility index (Phi) is 3.53. The van der Waals surface area contributed by atoms with Crippen molar-refractivity contribution < 1.29 is 14.3 Å². The van der Waals surface area contributed by atoms with E-state index in [1.165, 1.54) is 0 Å². The molecular weight excluding hydrogens is 278 g/mol. The lowest BCUT2D eigenvalue weighted by molar-refractivity contribution is 0.162. The van der Waals surface area contributed by atoms with Crippen molar-refractivity contribution >= 4 is 6.09 Å². The number of ether oxygens (including phenoxy) is 2. The minimum Gasteiger partial charge on any atom is -0.463 e.